The average Bonchev–Trinajstić information content (AvgIpc) is 2.82. The second-order valence-corrected chi connectivity index (χ2v) is 4.47. The number of nitrogens with one attached hydrogen (secondary N) is 1. The summed E-state index contributed by atoms with van der Waals surface area (Å²) in [6.45, 7) is 2.43. The normalized spacial score (nSPS) is 20.7. The Morgan fingerprint density at radius 2 is 2.69 bits per heavy atom. The summed E-state index contributed by atoms with van der Waals surface area (Å²) < 4.78 is 5.27. The molecule has 1 atom stereocenters. The summed E-state index contributed by atoms with van der Waals surface area (Å²) in [5.41, 5.74) is 2.70. The van der Waals surface area contributed by atoms with Gasteiger partial charge in [-0.25, -0.2) is 4.98 Å². The Balaban J connectivity index is 1.88. The van der Waals surface area contributed by atoms with Crippen molar-refractivity contribution in [1.29, 1.82) is 0 Å². The average molecular weight is 241 g/mol. The maximum atomic E-state index is 12.0. The molecule has 1 fully saturated rings. The van der Waals surface area contributed by atoms with Gasteiger partial charge in [-0.3, -0.25) is 4.79 Å². The van der Waals surface area contributed by atoms with Crippen LogP contribution in [0.15, 0.2) is 10.9 Å². The summed E-state index contributed by atoms with van der Waals surface area (Å²) in [5, 5.41) is 5.10. The maximum Gasteiger partial charge on any atom is 0.242 e. The van der Waals surface area contributed by atoms with E-state index in [9.17, 15) is 4.79 Å². The third-order valence-electron chi connectivity index (χ3n) is 2.48. The minimum atomic E-state index is -0.211. The van der Waals surface area contributed by atoms with E-state index in [1.807, 2.05) is 5.38 Å². The highest BCUT2D eigenvalue weighted by molar-refractivity contribution is 7.07. The van der Waals surface area contributed by atoms with Gasteiger partial charge in [0.25, 0.3) is 0 Å². The van der Waals surface area contributed by atoms with E-state index in [1.54, 1.807) is 17.5 Å². The molecular formula is C10H15N3O2S. The Labute approximate surface area is 98.4 Å². The molecule has 0 aromatic carbocycles. The Hall–Kier alpha value is -0.980. The summed E-state index contributed by atoms with van der Waals surface area (Å²) in [7, 11) is 1.79. The van der Waals surface area contributed by atoms with Crippen LogP contribution >= 0.6 is 11.3 Å². The quantitative estimate of drug-likeness (QED) is 0.815. The number of morpholine rings is 1. The molecule has 2 rings (SSSR count). The van der Waals surface area contributed by atoms with E-state index in [4.69, 9.17) is 4.74 Å². The SMILES string of the molecule is CN(Cc1cscn1)C(=O)C1COCCN1. The monoisotopic (exact) mass is 241 g/mol. The second-order valence-electron chi connectivity index (χ2n) is 3.76. The molecule has 1 aliphatic rings. The molecule has 88 valence electrons. The van der Waals surface area contributed by atoms with Crippen molar-refractivity contribution < 1.29 is 9.53 Å². The summed E-state index contributed by atoms with van der Waals surface area (Å²) in [6.07, 6.45) is 0. The molecule has 0 saturated carbocycles. The molecule has 0 radical (unpaired) electrons. The predicted molar refractivity (Wildman–Crippen MR) is 61.2 cm³/mol. The Morgan fingerprint density at radius 1 is 1.81 bits per heavy atom. The lowest BCUT2D eigenvalue weighted by Crippen LogP contribution is -2.51. The van der Waals surface area contributed by atoms with E-state index in [-0.39, 0.29) is 11.9 Å². The van der Waals surface area contributed by atoms with Crippen molar-refractivity contribution in [1.82, 2.24) is 15.2 Å². The van der Waals surface area contributed by atoms with E-state index >= 15 is 0 Å². The molecule has 0 aliphatic carbocycles. The largest absolute Gasteiger partial charge is 0.378 e. The van der Waals surface area contributed by atoms with Crippen LogP contribution in [-0.4, -0.2) is 48.6 Å². The highest BCUT2D eigenvalue weighted by Crippen LogP contribution is 2.06. The van der Waals surface area contributed by atoms with Crippen LogP contribution in [0, 0.1) is 0 Å². The zero-order chi connectivity index (χ0) is 11.4. The van der Waals surface area contributed by atoms with Crippen LogP contribution in [0.25, 0.3) is 0 Å². The molecule has 1 unspecified atom stereocenters. The van der Waals surface area contributed by atoms with Gasteiger partial charge in [0.1, 0.15) is 6.04 Å². The molecule has 1 amide bonds. The van der Waals surface area contributed by atoms with E-state index in [0.717, 1.165) is 12.2 Å². The Bertz CT molecular complexity index is 336. The third kappa shape index (κ3) is 2.78. The number of carbonyl (C=O) groups excluding carboxylic acids is 1. The molecule has 16 heavy (non-hydrogen) atoms. The molecule has 6 heteroatoms. The van der Waals surface area contributed by atoms with E-state index in [2.05, 4.69) is 10.3 Å². The first-order valence-electron chi connectivity index (χ1n) is 5.20. The van der Waals surface area contributed by atoms with Crippen LogP contribution < -0.4 is 5.32 Å². The number of likely N-dealkylation sites (N-methyl/N-ethyl adjacent to an activating group) is 1. The Kier molecular flexibility index (Phi) is 3.87. The number of nitrogens with zero attached hydrogens (tertiary/aromatic N) is 2. The van der Waals surface area contributed by atoms with Gasteiger partial charge < -0.3 is 15.0 Å². The van der Waals surface area contributed by atoms with Gasteiger partial charge in [0, 0.05) is 19.0 Å². The first-order valence-corrected chi connectivity index (χ1v) is 6.15. The molecule has 1 saturated heterocycles. The molecule has 1 aromatic heterocycles. The van der Waals surface area contributed by atoms with Crippen molar-refractivity contribution in [2.24, 2.45) is 0 Å². The number of thiazole rings is 1. The highest BCUT2D eigenvalue weighted by Gasteiger charge is 2.24. The number of ether oxygens (including phenoxy) is 1. The fourth-order valence-corrected chi connectivity index (χ4v) is 2.18. The van der Waals surface area contributed by atoms with Gasteiger partial charge in [0.05, 0.1) is 31.0 Å². The second kappa shape index (κ2) is 5.38. The summed E-state index contributed by atoms with van der Waals surface area (Å²) in [4.78, 5) is 17.8. The predicted octanol–water partition coefficient (Wildman–Crippen LogP) is 0.0899. The van der Waals surface area contributed by atoms with Gasteiger partial charge >= 0.3 is 0 Å². The number of hydrogen-bond acceptors (Lipinski definition) is 5. The minimum Gasteiger partial charge on any atom is -0.378 e. The zero-order valence-electron chi connectivity index (χ0n) is 9.18. The first-order chi connectivity index (χ1) is 7.77. The third-order valence-corrected chi connectivity index (χ3v) is 3.11. The minimum absolute atomic E-state index is 0.0627. The standard InChI is InChI=1S/C10H15N3O2S/c1-13(4-8-6-16-7-12-8)10(14)9-5-15-3-2-11-9/h6-7,9,11H,2-5H2,1H3. The van der Waals surface area contributed by atoms with Crippen LogP contribution in [0.3, 0.4) is 0 Å². The smallest absolute Gasteiger partial charge is 0.242 e. The summed E-state index contributed by atoms with van der Waals surface area (Å²) in [6, 6.07) is -0.211. The van der Waals surface area contributed by atoms with Crippen LogP contribution in [0.2, 0.25) is 0 Å². The molecule has 0 bridgehead atoms. The van der Waals surface area contributed by atoms with Crippen molar-refractivity contribution in [3.63, 3.8) is 0 Å². The number of amides is 1. The van der Waals surface area contributed by atoms with E-state index in [1.165, 1.54) is 11.3 Å². The summed E-state index contributed by atoms with van der Waals surface area (Å²) in [5.74, 6) is 0.0627. The van der Waals surface area contributed by atoms with Crippen molar-refractivity contribution in [3.8, 4) is 0 Å². The van der Waals surface area contributed by atoms with Gasteiger partial charge in [-0.2, -0.15) is 0 Å². The van der Waals surface area contributed by atoms with E-state index < -0.39 is 0 Å². The molecule has 0 spiro atoms. The molecule has 1 N–H and O–H groups in total. The number of aromatic nitrogens is 1. The lowest BCUT2D eigenvalue weighted by atomic mass is 10.2. The van der Waals surface area contributed by atoms with Gasteiger partial charge in [0.15, 0.2) is 0 Å². The van der Waals surface area contributed by atoms with E-state index in [0.29, 0.717) is 19.8 Å². The lowest BCUT2D eigenvalue weighted by molar-refractivity contribution is -0.135. The van der Waals surface area contributed by atoms with Crippen LogP contribution in [0.1, 0.15) is 5.69 Å². The molecule has 5 nitrogen and oxygen atoms in total. The van der Waals surface area contributed by atoms with Crippen LogP contribution in [-0.2, 0) is 16.1 Å². The van der Waals surface area contributed by atoms with Crippen molar-refractivity contribution in [3.05, 3.63) is 16.6 Å². The van der Waals surface area contributed by atoms with Crippen molar-refractivity contribution >= 4 is 17.2 Å². The topological polar surface area (TPSA) is 54.5 Å². The van der Waals surface area contributed by atoms with Crippen molar-refractivity contribution in [2.75, 3.05) is 26.8 Å². The van der Waals surface area contributed by atoms with Gasteiger partial charge in [0.2, 0.25) is 5.91 Å². The fraction of sp³-hybridized carbons (Fsp3) is 0.600. The van der Waals surface area contributed by atoms with Crippen LogP contribution in [0.5, 0.6) is 0 Å². The first kappa shape index (κ1) is 11.5. The fourth-order valence-electron chi connectivity index (χ4n) is 1.63. The zero-order valence-corrected chi connectivity index (χ0v) is 10.00. The molecule has 2 heterocycles. The molecule has 1 aliphatic heterocycles. The maximum absolute atomic E-state index is 12.0. The Morgan fingerprint density at radius 3 is 3.31 bits per heavy atom. The van der Waals surface area contributed by atoms with Gasteiger partial charge in [-0.05, 0) is 0 Å². The number of carbonyl (C=O) groups is 1. The van der Waals surface area contributed by atoms with Gasteiger partial charge in [-0.15, -0.1) is 11.3 Å². The number of hydrogen-bond donors (Lipinski definition) is 1. The van der Waals surface area contributed by atoms with Gasteiger partial charge in [-0.1, -0.05) is 0 Å². The highest BCUT2D eigenvalue weighted by atomic mass is 32.1. The lowest BCUT2D eigenvalue weighted by Gasteiger charge is -2.27. The van der Waals surface area contributed by atoms with Crippen molar-refractivity contribution in [2.45, 2.75) is 12.6 Å². The molecule has 1 aromatic rings. The number of rotatable bonds is 3. The molecular weight excluding hydrogens is 226 g/mol. The summed E-state index contributed by atoms with van der Waals surface area (Å²) >= 11 is 1.54. The van der Waals surface area contributed by atoms with Crippen LogP contribution in [0.4, 0.5) is 0 Å².